The average Bonchev–Trinajstić information content (AvgIpc) is 2.26. The van der Waals surface area contributed by atoms with Gasteiger partial charge in [0, 0.05) is 0 Å². The zero-order chi connectivity index (χ0) is 15.7. The molecule has 10 nitrogen and oxygen atoms in total. The van der Waals surface area contributed by atoms with Gasteiger partial charge in [0.2, 0.25) is 0 Å². The Balaban J connectivity index is 0. The van der Waals surface area contributed by atoms with Crippen molar-refractivity contribution < 1.29 is 49.8 Å². The van der Waals surface area contributed by atoms with Gasteiger partial charge in [-0.1, -0.05) is 0 Å². The van der Waals surface area contributed by atoms with E-state index in [1.165, 1.54) is 0 Å². The number of rotatable bonds is 6. The lowest BCUT2D eigenvalue weighted by atomic mass is 10.2. The maximum absolute atomic E-state index is 9.90. The molecule has 0 aromatic carbocycles. The Morgan fingerprint density at radius 3 is 1.21 bits per heavy atom. The van der Waals surface area contributed by atoms with E-state index in [1.807, 2.05) is 0 Å². The molecule has 3 unspecified atom stereocenters. The van der Waals surface area contributed by atoms with E-state index in [2.05, 4.69) is 12.6 Å². The fourth-order valence-electron chi connectivity index (χ4n) is 0.523. The van der Waals surface area contributed by atoms with Crippen LogP contribution in [0.5, 0.6) is 0 Å². The van der Waals surface area contributed by atoms with E-state index in [1.54, 1.807) is 0 Å². The molecule has 11 heteroatoms. The van der Waals surface area contributed by atoms with E-state index >= 15 is 0 Å². The summed E-state index contributed by atoms with van der Waals surface area (Å²) in [4.78, 5) is 39.2. The van der Waals surface area contributed by atoms with Crippen LogP contribution in [0.2, 0.25) is 0 Å². The highest BCUT2D eigenvalue weighted by Gasteiger charge is 2.29. The quantitative estimate of drug-likeness (QED) is 0.263. The Bertz CT molecular complexity index is 335. The minimum Gasteiger partial charge on any atom is -0.481 e. The van der Waals surface area contributed by atoms with Gasteiger partial charge >= 0.3 is 23.9 Å². The molecular formula is C8H12O10S. The van der Waals surface area contributed by atoms with Crippen LogP contribution in [0, 0.1) is 0 Å². The van der Waals surface area contributed by atoms with E-state index in [0.29, 0.717) is 0 Å². The lowest BCUT2D eigenvalue weighted by Crippen LogP contribution is -2.39. The topological polar surface area (TPSA) is 190 Å². The fraction of sp³-hybridized carbons (Fsp3) is 0.500. The highest BCUT2D eigenvalue weighted by Crippen LogP contribution is 1.99. The first-order valence-corrected chi connectivity index (χ1v) is 4.96. The van der Waals surface area contributed by atoms with Gasteiger partial charge in [-0.15, -0.1) is 0 Å². The highest BCUT2D eigenvalue weighted by molar-refractivity contribution is 7.81. The first-order valence-electron chi connectivity index (χ1n) is 4.45. The average molecular weight is 300 g/mol. The van der Waals surface area contributed by atoms with E-state index in [9.17, 15) is 19.2 Å². The SMILES string of the molecule is O=C(O)C(O)C(O)C(=O)O.O=C(O)CC(S)C(=O)O. The number of aliphatic carboxylic acids is 4. The number of carboxylic acids is 4. The number of aliphatic hydroxyl groups excluding tert-OH is 2. The first kappa shape index (κ1) is 19.5. The Morgan fingerprint density at radius 1 is 0.789 bits per heavy atom. The van der Waals surface area contributed by atoms with Crippen molar-refractivity contribution in [3.63, 3.8) is 0 Å². The summed E-state index contributed by atoms with van der Waals surface area (Å²) in [5.74, 6) is -5.90. The van der Waals surface area contributed by atoms with Crippen molar-refractivity contribution in [2.45, 2.75) is 23.9 Å². The molecule has 0 spiro atoms. The van der Waals surface area contributed by atoms with Crippen LogP contribution in [0.15, 0.2) is 0 Å². The second-order valence-corrected chi connectivity index (χ2v) is 3.64. The van der Waals surface area contributed by atoms with Crippen molar-refractivity contribution in [1.82, 2.24) is 0 Å². The van der Waals surface area contributed by atoms with Gasteiger partial charge in [0.15, 0.2) is 12.2 Å². The molecular weight excluding hydrogens is 288 g/mol. The molecule has 6 N–H and O–H groups in total. The summed E-state index contributed by atoms with van der Waals surface area (Å²) in [5, 5.41) is 47.5. The lowest BCUT2D eigenvalue weighted by Gasteiger charge is -2.07. The van der Waals surface area contributed by atoms with Crippen LogP contribution in [-0.2, 0) is 19.2 Å². The van der Waals surface area contributed by atoms with Gasteiger partial charge in [-0.25, -0.2) is 9.59 Å². The molecule has 0 radical (unpaired) electrons. The minimum atomic E-state index is -2.27. The normalized spacial score (nSPS) is 14.3. The molecule has 19 heavy (non-hydrogen) atoms. The van der Waals surface area contributed by atoms with Crippen molar-refractivity contribution in [2.24, 2.45) is 0 Å². The monoisotopic (exact) mass is 300 g/mol. The van der Waals surface area contributed by atoms with Crippen LogP contribution in [-0.4, -0.2) is 72.0 Å². The molecule has 0 saturated heterocycles. The molecule has 0 aliphatic carbocycles. The molecule has 0 aliphatic rings. The lowest BCUT2D eigenvalue weighted by molar-refractivity contribution is -0.165. The van der Waals surface area contributed by atoms with Gasteiger partial charge in [-0.3, -0.25) is 9.59 Å². The third kappa shape index (κ3) is 9.82. The summed E-state index contributed by atoms with van der Waals surface area (Å²) < 4.78 is 0. The third-order valence-corrected chi connectivity index (χ3v) is 1.86. The van der Waals surface area contributed by atoms with E-state index in [4.69, 9.17) is 30.6 Å². The largest absolute Gasteiger partial charge is 0.481 e. The van der Waals surface area contributed by atoms with Gasteiger partial charge in [0.1, 0.15) is 5.25 Å². The van der Waals surface area contributed by atoms with Crippen LogP contribution < -0.4 is 0 Å². The Labute approximate surface area is 111 Å². The fourth-order valence-corrected chi connectivity index (χ4v) is 0.679. The predicted octanol–water partition coefficient (Wildman–Crippen LogP) is -2.28. The molecule has 0 saturated carbocycles. The van der Waals surface area contributed by atoms with Gasteiger partial charge in [0.25, 0.3) is 0 Å². The molecule has 3 atom stereocenters. The molecule has 0 aromatic rings. The van der Waals surface area contributed by atoms with E-state index in [-0.39, 0.29) is 0 Å². The summed E-state index contributed by atoms with van der Waals surface area (Å²) in [6.45, 7) is 0. The third-order valence-electron chi connectivity index (χ3n) is 1.46. The van der Waals surface area contributed by atoms with E-state index < -0.39 is 47.8 Å². The number of carboxylic acid groups (broad SMARTS) is 4. The predicted molar refractivity (Wildman–Crippen MR) is 59.9 cm³/mol. The van der Waals surface area contributed by atoms with Gasteiger partial charge in [-0.05, 0) is 0 Å². The molecule has 0 aromatic heterocycles. The smallest absolute Gasteiger partial charge is 0.335 e. The van der Waals surface area contributed by atoms with Crippen LogP contribution in [0.1, 0.15) is 6.42 Å². The zero-order valence-electron chi connectivity index (χ0n) is 9.20. The number of hydrogen-bond donors (Lipinski definition) is 7. The zero-order valence-corrected chi connectivity index (χ0v) is 10.1. The van der Waals surface area contributed by atoms with Crippen molar-refractivity contribution in [3.05, 3.63) is 0 Å². The second-order valence-electron chi connectivity index (χ2n) is 3.02. The molecule has 0 aliphatic heterocycles. The second kappa shape index (κ2) is 9.13. The number of hydrogen-bond acceptors (Lipinski definition) is 7. The summed E-state index contributed by atoms with van der Waals surface area (Å²) in [6, 6.07) is 0. The minimum absolute atomic E-state index is 0.446. The number of aliphatic hydroxyl groups is 2. The van der Waals surface area contributed by atoms with Crippen LogP contribution in [0.3, 0.4) is 0 Å². The highest BCUT2D eigenvalue weighted by atomic mass is 32.1. The molecule has 0 heterocycles. The van der Waals surface area contributed by atoms with Crippen molar-refractivity contribution in [1.29, 1.82) is 0 Å². The standard InChI is InChI=1S/C4H6O6.C4H6O4S/c5-1(3(7)8)2(6)4(9)10;5-3(6)1-2(9)4(7)8/h1-2,5-6H,(H,7,8)(H,9,10);2,9H,1H2,(H,5,6)(H,7,8). The molecule has 0 fully saturated rings. The van der Waals surface area contributed by atoms with Gasteiger partial charge in [0.05, 0.1) is 6.42 Å². The summed E-state index contributed by atoms with van der Waals surface area (Å²) in [7, 11) is 0. The van der Waals surface area contributed by atoms with Gasteiger partial charge < -0.3 is 30.6 Å². The van der Waals surface area contributed by atoms with Crippen LogP contribution in [0.4, 0.5) is 0 Å². The van der Waals surface area contributed by atoms with Crippen LogP contribution in [0.25, 0.3) is 0 Å². The maximum Gasteiger partial charge on any atom is 0.335 e. The molecule has 0 rings (SSSR count). The molecule has 0 bridgehead atoms. The van der Waals surface area contributed by atoms with E-state index in [0.717, 1.165) is 0 Å². The summed E-state index contributed by atoms with van der Waals surface area (Å²) >= 11 is 3.48. The Morgan fingerprint density at radius 2 is 1.11 bits per heavy atom. The summed E-state index contributed by atoms with van der Waals surface area (Å²) in [6.07, 6.45) is -4.98. The van der Waals surface area contributed by atoms with Crippen molar-refractivity contribution >= 4 is 36.5 Å². The Hall–Kier alpha value is -1.85. The van der Waals surface area contributed by atoms with Crippen LogP contribution >= 0.6 is 12.6 Å². The molecule has 110 valence electrons. The van der Waals surface area contributed by atoms with Crippen molar-refractivity contribution in [3.8, 4) is 0 Å². The molecule has 0 amide bonds. The number of carbonyl (C=O) groups is 4. The van der Waals surface area contributed by atoms with Crippen molar-refractivity contribution in [2.75, 3.05) is 0 Å². The maximum atomic E-state index is 9.90. The number of thiol groups is 1. The van der Waals surface area contributed by atoms with Gasteiger partial charge in [-0.2, -0.15) is 12.6 Å². The summed E-state index contributed by atoms with van der Waals surface area (Å²) in [5.41, 5.74) is 0. The first-order chi connectivity index (χ1) is 8.50. The Kier molecular flexibility index (Phi) is 9.36.